The second-order valence-corrected chi connectivity index (χ2v) is 2.39. The summed E-state index contributed by atoms with van der Waals surface area (Å²) in [6, 6.07) is 6.19. The van der Waals surface area contributed by atoms with Gasteiger partial charge in [-0.05, 0) is 17.7 Å². The van der Waals surface area contributed by atoms with Gasteiger partial charge in [0.15, 0.2) is 0 Å². The predicted octanol–water partition coefficient (Wildman–Crippen LogP) is 0.723. The summed E-state index contributed by atoms with van der Waals surface area (Å²) in [7, 11) is -2.45. The van der Waals surface area contributed by atoms with Gasteiger partial charge in [-0.2, -0.15) is 0 Å². The van der Waals surface area contributed by atoms with Crippen LogP contribution in [0.5, 0.6) is 5.75 Å². The lowest BCUT2D eigenvalue weighted by atomic mass is 10.1. The molecule has 0 aliphatic carbocycles. The van der Waals surface area contributed by atoms with E-state index < -0.39 is 12.9 Å². The van der Waals surface area contributed by atoms with Crippen molar-refractivity contribution in [2.75, 3.05) is 7.04 Å². The van der Waals surface area contributed by atoms with Crippen LogP contribution in [0.15, 0.2) is 24.3 Å². The Balaban J connectivity index is 2.68. The molecule has 0 aliphatic rings. The van der Waals surface area contributed by atoms with Gasteiger partial charge in [-0.3, -0.25) is 4.79 Å². The number of carbonyl (C=O) groups excluding carboxylic acids is 1. The second-order valence-electron chi connectivity index (χ2n) is 2.39. The highest BCUT2D eigenvalue weighted by atomic mass is 16.5. The normalized spacial score (nSPS) is 14.2. The van der Waals surface area contributed by atoms with Gasteiger partial charge >= 0.3 is 0 Å². The van der Waals surface area contributed by atoms with E-state index >= 15 is 0 Å². The molecule has 2 N–H and O–H groups in total. The van der Waals surface area contributed by atoms with Crippen LogP contribution in [-0.2, 0) is 11.2 Å². The SMILES string of the molecule is [2H]C([2H])([2H])Oc1ccc(CC(N)=O)cc1. The highest BCUT2D eigenvalue weighted by Crippen LogP contribution is 2.11. The highest BCUT2D eigenvalue weighted by molar-refractivity contribution is 5.76. The van der Waals surface area contributed by atoms with E-state index in [-0.39, 0.29) is 12.2 Å². The highest BCUT2D eigenvalue weighted by Gasteiger charge is 1.97. The Morgan fingerprint density at radius 3 is 2.75 bits per heavy atom. The minimum Gasteiger partial charge on any atom is -0.497 e. The third-order valence-electron chi connectivity index (χ3n) is 1.42. The first-order chi connectivity index (χ1) is 6.87. The molecule has 64 valence electrons. The largest absolute Gasteiger partial charge is 0.497 e. The van der Waals surface area contributed by atoms with Gasteiger partial charge < -0.3 is 10.5 Å². The molecule has 3 nitrogen and oxygen atoms in total. The van der Waals surface area contributed by atoms with Crippen molar-refractivity contribution in [1.82, 2.24) is 0 Å². The van der Waals surface area contributed by atoms with Crippen LogP contribution in [0, 0.1) is 0 Å². The van der Waals surface area contributed by atoms with Crippen LogP contribution in [0.1, 0.15) is 9.68 Å². The van der Waals surface area contributed by atoms with Gasteiger partial charge in [0.05, 0.1) is 17.6 Å². The van der Waals surface area contributed by atoms with Crippen molar-refractivity contribution in [2.45, 2.75) is 6.42 Å². The standard InChI is InChI=1S/C9H11NO2/c1-12-8-4-2-7(3-5-8)6-9(10)11/h2-5H,6H2,1H3,(H2,10,11)/i1D3. The van der Waals surface area contributed by atoms with E-state index in [0.29, 0.717) is 0 Å². The number of amides is 1. The van der Waals surface area contributed by atoms with Crippen molar-refractivity contribution >= 4 is 5.91 Å². The number of nitrogens with two attached hydrogens (primary N) is 1. The fourth-order valence-corrected chi connectivity index (χ4v) is 0.877. The molecule has 0 aliphatic heterocycles. The zero-order valence-electron chi connectivity index (χ0n) is 9.41. The molecule has 1 rings (SSSR count). The predicted molar refractivity (Wildman–Crippen MR) is 45.9 cm³/mol. The fourth-order valence-electron chi connectivity index (χ4n) is 0.877. The summed E-state index contributed by atoms with van der Waals surface area (Å²) in [6.07, 6.45) is 0.133. The molecule has 0 fully saturated rings. The smallest absolute Gasteiger partial charge is 0.221 e. The number of benzene rings is 1. The average molecular weight is 168 g/mol. The number of hydrogen-bond acceptors (Lipinski definition) is 2. The molecule has 0 aromatic heterocycles. The molecule has 12 heavy (non-hydrogen) atoms. The molecule has 0 heterocycles. The van der Waals surface area contributed by atoms with E-state index in [9.17, 15) is 4.79 Å². The number of ether oxygens (including phenoxy) is 1. The number of hydrogen-bond donors (Lipinski definition) is 1. The fraction of sp³-hybridized carbons (Fsp3) is 0.222. The van der Waals surface area contributed by atoms with Gasteiger partial charge in [-0.15, -0.1) is 0 Å². The Hall–Kier alpha value is -1.51. The molecule has 0 unspecified atom stereocenters. The minimum atomic E-state index is -2.45. The molecular formula is C9H11NO2. The molecule has 0 saturated carbocycles. The summed E-state index contributed by atoms with van der Waals surface area (Å²) >= 11 is 0. The van der Waals surface area contributed by atoms with Gasteiger partial charge in [0.25, 0.3) is 0 Å². The van der Waals surface area contributed by atoms with Crippen LogP contribution in [0.3, 0.4) is 0 Å². The number of primary amides is 1. The molecule has 1 aromatic rings. The van der Waals surface area contributed by atoms with Gasteiger partial charge in [0.2, 0.25) is 5.91 Å². The molecule has 0 atom stereocenters. The van der Waals surface area contributed by atoms with E-state index in [1.165, 1.54) is 12.1 Å². The summed E-state index contributed by atoms with van der Waals surface area (Å²) in [5.41, 5.74) is 5.73. The van der Waals surface area contributed by atoms with E-state index in [0.717, 1.165) is 5.56 Å². The molecule has 0 radical (unpaired) electrons. The van der Waals surface area contributed by atoms with E-state index in [1.54, 1.807) is 12.1 Å². The lowest BCUT2D eigenvalue weighted by Gasteiger charge is -2.00. The van der Waals surface area contributed by atoms with Gasteiger partial charge in [-0.25, -0.2) is 0 Å². The first kappa shape index (κ1) is 5.19. The summed E-state index contributed by atoms with van der Waals surface area (Å²) in [4.78, 5) is 10.6. The Kier molecular flexibility index (Phi) is 1.63. The van der Waals surface area contributed by atoms with Gasteiger partial charge in [-0.1, -0.05) is 12.1 Å². The zero-order valence-corrected chi connectivity index (χ0v) is 6.41. The van der Waals surface area contributed by atoms with Crippen LogP contribution in [-0.4, -0.2) is 12.9 Å². The van der Waals surface area contributed by atoms with Crippen LogP contribution < -0.4 is 10.5 Å². The lowest BCUT2D eigenvalue weighted by Crippen LogP contribution is -2.13. The minimum absolute atomic E-state index is 0.133. The second kappa shape index (κ2) is 3.76. The average Bonchev–Trinajstić information content (AvgIpc) is 2.05. The third-order valence-corrected chi connectivity index (χ3v) is 1.42. The first-order valence-electron chi connectivity index (χ1n) is 4.93. The van der Waals surface area contributed by atoms with Crippen LogP contribution in [0.2, 0.25) is 0 Å². The third kappa shape index (κ3) is 2.27. The first-order valence-corrected chi connectivity index (χ1v) is 3.43. The molecule has 1 aromatic carbocycles. The van der Waals surface area contributed by atoms with E-state index in [1.807, 2.05) is 0 Å². The Morgan fingerprint density at radius 1 is 1.58 bits per heavy atom. The van der Waals surface area contributed by atoms with Crippen molar-refractivity contribution in [3.05, 3.63) is 29.8 Å². The number of rotatable bonds is 3. The van der Waals surface area contributed by atoms with E-state index in [2.05, 4.69) is 4.74 Å². The van der Waals surface area contributed by atoms with Crippen molar-refractivity contribution < 1.29 is 13.6 Å². The maximum Gasteiger partial charge on any atom is 0.221 e. The number of methoxy groups -OCH3 is 1. The van der Waals surface area contributed by atoms with Crippen molar-refractivity contribution in [3.8, 4) is 5.75 Å². The maximum atomic E-state index is 10.6. The van der Waals surface area contributed by atoms with Crippen LogP contribution in [0.25, 0.3) is 0 Å². The molecule has 0 spiro atoms. The summed E-state index contributed by atoms with van der Waals surface area (Å²) in [5, 5.41) is 0. The maximum absolute atomic E-state index is 10.6. The number of carbonyl (C=O) groups is 1. The Morgan fingerprint density at radius 2 is 2.25 bits per heavy atom. The molecule has 0 bridgehead atoms. The topological polar surface area (TPSA) is 52.3 Å². The summed E-state index contributed by atoms with van der Waals surface area (Å²) in [5.74, 6) is -0.192. The van der Waals surface area contributed by atoms with Crippen molar-refractivity contribution in [3.63, 3.8) is 0 Å². The Labute approximate surface area is 75.4 Å². The van der Waals surface area contributed by atoms with E-state index in [4.69, 9.17) is 9.85 Å². The zero-order chi connectivity index (χ0) is 11.5. The summed E-state index contributed by atoms with van der Waals surface area (Å²) < 4.78 is 25.3. The van der Waals surface area contributed by atoms with Gasteiger partial charge in [0, 0.05) is 0 Å². The summed E-state index contributed by atoms with van der Waals surface area (Å²) in [6.45, 7) is 0. The van der Waals surface area contributed by atoms with Gasteiger partial charge in [0.1, 0.15) is 5.75 Å². The molecule has 1 amide bonds. The molecular weight excluding hydrogens is 154 g/mol. The monoisotopic (exact) mass is 168 g/mol. The van der Waals surface area contributed by atoms with Crippen molar-refractivity contribution in [1.29, 1.82) is 0 Å². The molecule has 3 heteroatoms. The van der Waals surface area contributed by atoms with Crippen LogP contribution >= 0.6 is 0 Å². The Bertz CT molecular complexity index is 345. The van der Waals surface area contributed by atoms with Crippen LogP contribution in [0.4, 0.5) is 0 Å². The van der Waals surface area contributed by atoms with Crippen molar-refractivity contribution in [2.24, 2.45) is 5.73 Å². The molecule has 0 saturated heterocycles. The quantitative estimate of drug-likeness (QED) is 0.723. The lowest BCUT2D eigenvalue weighted by molar-refractivity contribution is -0.117.